The van der Waals surface area contributed by atoms with Crippen LogP contribution in [0.4, 0.5) is 4.39 Å². The molecule has 1 heterocycles. The fourth-order valence-corrected chi connectivity index (χ4v) is 4.37. The van der Waals surface area contributed by atoms with Crippen LogP contribution >= 0.6 is 23.4 Å². The molecular formula is C19H18ClFN2O4S. The smallest absolute Gasteiger partial charge is 0.326 e. The Morgan fingerprint density at radius 1 is 1.25 bits per heavy atom. The number of methoxy groups -OCH3 is 1. The molecule has 0 aliphatic carbocycles. The van der Waals surface area contributed by atoms with Gasteiger partial charge < -0.3 is 14.8 Å². The lowest BCUT2D eigenvalue weighted by atomic mass is 10.0. The molecule has 0 aliphatic heterocycles. The van der Waals surface area contributed by atoms with Gasteiger partial charge in [-0.15, -0.1) is 11.8 Å². The first kappa shape index (κ1) is 20.6. The van der Waals surface area contributed by atoms with E-state index in [2.05, 4.69) is 9.97 Å². The normalized spacial score (nSPS) is 13.6. The summed E-state index contributed by atoms with van der Waals surface area (Å²) in [4.78, 5) is 29.5. The maximum Gasteiger partial charge on any atom is 0.326 e. The van der Waals surface area contributed by atoms with Crippen LogP contribution in [0.15, 0.2) is 44.8 Å². The molecule has 0 fully saturated rings. The number of rotatable bonds is 6. The monoisotopic (exact) mass is 424 g/mol. The number of aromatic nitrogens is 2. The van der Waals surface area contributed by atoms with Crippen molar-refractivity contribution in [3.63, 3.8) is 0 Å². The molecule has 0 radical (unpaired) electrons. The Morgan fingerprint density at radius 3 is 2.54 bits per heavy atom. The SMILES string of the molecule is COC(C)(CO)CSc1c(-c2ccc(F)cc2)c(Cl)cc2c(=O)[nH]c(=O)[nH]c12. The number of aliphatic hydroxyl groups is 1. The van der Waals surface area contributed by atoms with E-state index in [0.29, 0.717) is 27.3 Å². The van der Waals surface area contributed by atoms with E-state index in [4.69, 9.17) is 16.3 Å². The van der Waals surface area contributed by atoms with Crippen LogP contribution in [-0.4, -0.2) is 40.1 Å². The van der Waals surface area contributed by atoms with Crippen LogP contribution in [-0.2, 0) is 4.74 Å². The maximum atomic E-state index is 13.4. The van der Waals surface area contributed by atoms with Gasteiger partial charge in [-0.2, -0.15) is 0 Å². The first-order valence-electron chi connectivity index (χ1n) is 8.31. The number of aliphatic hydroxyl groups excluding tert-OH is 1. The highest BCUT2D eigenvalue weighted by molar-refractivity contribution is 7.99. The third kappa shape index (κ3) is 4.00. The van der Waals surface area contributed by atoms with E-state index in [1.165, 1.54) is 37.1 Å². The summed E-state index contributed by atoms with van der Waals surface area (Å²) in [5, 5.41) is 10.1. The Morgan fingerprint density at radius 2 is 1.93 bits per heavy atom. The van der Waals surface area contributed by atoms with Gasteiger partial charge in [0.05, 0.1) is 28.1 Å². The van der Waals surface area contributed by atoms with Crippen LogP contribution in [0, 0.1) is 5.82 Å². The van der Waals surface area contributed by atoms with Gasteiger partial charge in [0, 0.05) is 23.3 Å². The molecule has 3 N–H and O–H groups in total. The van der Waals surface area contributed by atoms with E-state index < -0.39 is 22.7 Å². The van der Waals surface area contributed by atoms with E-state index in [0.717, 1.165) is 0 Å². The number of hydrogen-bond donors (Lipinski definition) is 3. The summed E-state index contributed by atoms with van der Waals surface area (Å²) in [6, 6.07) is 7.21. The molecule has 9 heteroatoms. The summed E-state index contributed by atoms with van der Waals surface area (Å²) < 4.78 is 18.7. The molecule has 148 valence electrons. The molecule has 0 spiro atoms. The van der Waals surface area contributed by atoms with Crippen molar-refractivity contribution in [1.29, 1.82) is 0 Å². The number of benzene rings is 2. The highest BCUT2D eigenvalue weighted by Gasteiger charge is 2.25. The van der Waals surface area contributed by atoms with Gasteiger partial charge in [-0.3, -0.25) is 9.78 Å². The van der Waals surface area contributed by atoms with Crippen LogP contribution in [0.25, 0.3) is 22.0 Å². The van der Waals surface area contributed by atoms with Crippen molar-refractivity contribution in [3.8, 4) is 11.1 Å². The quantitative estimate of drug-likeness (QED) is 0.528. The summed E-state index contributed by atoms with van der Waals surface area (Å²) in [6.45, 7) is 1.51. The van der Waals surface area contributed by atoms with Crippen LogP contribution in [0.3, 0.4) is 0 Å². The molecular weight excluding hydrogens is 407 g/mol. The summed E-state index contributed by atoms with van der Waals surface area (Å²) >= 11 is 7.76. The number of nitrogens with one attached hydrogen (secondary N) is 2. The Kier molecular flexibility index (Phi) is 5.95. The van der Waals surface area contributed by atoms with E-state index in [1.807, 2.05) is 0 Å². The van der Waals surface area contributed by atoms with E-state index >= 15 is 0 Å². The zero-order valence-electron chi connectivity index (χ0n) is 15.1. The number of hydrogen-bond acceptors (Lipinski definition) is 5. The fraction of sp³-hybridized carbons (Fsp3) is 0.263. The summed E-state index contributed by atoms with van der Waals surface area (Å²) in [7, 11) is 1.49. The molecule has 1 aromatic heterocycles. The van der Waals surface area contributed by atoms with Gasteiger partial charge in [0.15, 0.2) is 0 Å². The number of H-pyrrole nitrogens is 2. The van der Waals surface area contributed by atoms with Crippen molar-refractivity contribution in [2.75, 3.05) is 19.5 Å². The Bertz CT molecular complexity index is 1120. The average molecular weight is 425 g/mol. The highest BCUT2D eigenvalue weighted by Crippen LogP contribution is 2.42. The van der Waals surface area contributed by atoms with Gasteiger partial charge in [-0.1, -0.05) is 23.7 Å². The maximum absolute atomic E-state index is 13.4. The molecule has 0 bridgehead atoms. The first-order valence-corrected chi connectivity index (χ1v) is 9.68. The summed E-state index contributed by atoms with van der Waals surface area (Å²) in [6.07, 6.45) is 0. The van der Waals surface area contributed by atoms with Gasteiger partial charge in [0.2, 0.25) is 0 Å². The molecule has 6 nitrogen and oxygen atoms in total. The zero-order chi connectivity index (χ0) is 20.5. The lowest BCUT2D eigenvalue weighted by Crippen LogP contribution is -2.34. The standard InChI is InChI=1S/C19H18ClFN2O4S/c1-19(8-24,27-2)9-28-16-14(10-3-5-11(21)6-4-10)13(20)7-12-15(16)22-18(26)23-17(12)25/h3-7,24H,8-9H2,1-2H3,(H2,22,23,25,26). The van der Waals surface area contributed by atoms with Gasteiger partial charge >= 0.3 is 5.69 Å². The van der Waals surface area contributed by atoms with Gasteiger partial charge in [-0.05, 0) is 30.7 Å². The second kappa shape index (κ2) is 8.08. The van der Waals surface area contributed by atoms with Gasteiger partial charge in [-0.25, -0.2) is 9.18 Å². The van der Waals surface area contributed by atoms with Crippen molar-refractivity contribution in [2.24, 2.45) is 0 Å². The molecule has 3 aromatic rings. The third-order valence-corrected chi connectivity index (χ3v) is 6.18. The number of halogens is 2. The Labute approximate surface area is 168 Å². The van der Waals surface area contributed by atoms with E-state index in [9.17, 15) is 19.1 Å². The minimum Gasteiger partial charge on any atom is -0.393 e. The van der Waals surface area contributed by atoms with Crippen molar-refractivity contribution in [2.45, 2.75) is 17.4 Å². The minimum atomic E-state index is -0.846. The van der Waals surface area contributed by atoms with Crippen LogP contribution < -0.4 is 11.2 Å². The van der Waals surface area contributed by atoms with Crippen LogP contribution in [0.2, 0.25) is 5.02 Å². The van der Waals surface area contributed by atoms with E-state index in [1.54, 1.807) is 19.1 Å². The number of ether oxygens (including phenoxy) is 1. The first-order chi connectivity index (χ1) is 13.3. The summed E-state index contributed by atoms with van der Waals surface area (Å²) in [5.74, 6) is -0.0784. The zero-order valence-corrected chi connectivity index (χ0v) is 16.7. The molecule has 0 amide bonds. The second-order valence-corrected chi connectivity index (χ2v) is 7.89. The molecule has 1 atom stereocenters. The number of aromatic amines is 2. The average Bonchev–Trinajstić information content (AvgIpc) is 2.67. The van der Waals surface area contributed by atoms with Gasteiger partial charge in [0.25, 0.3) is 5.56 Å². The molecule has 28 heavy (non-hydrogen) atoms. The van der Waals surface area contributed by atoms with Crippen molar-refractivity contribution >= 4 is 34.3 Å². The molecule has 0 saturated carbocycles. The number of thioether (sulfide) groups is 1. The molecule has 0 saturated heterocycles. The van der Waals surface area contributed by atoms with E-state index in [-0.39, 0.29) is 17.0 Å². The summed E-state index contributed by atoms with van der Waals surface area (Å²) in [5.41, 5.74) is -0.565. The third-order valence-electron chi connectivity index (χ3n) is 4.43. The predicted molar refractivity (Wildman–Crippen MR) is 109 cm³/mol. The Balaban J connectivity index is 2.29. The fourth-order valence-electron chi connectivity index (χ4n) is 2.67. The van der Waals surface area contributed by atoms with Crippen molar-refractivity contribution in [1.82, 2.24) is 9.97 Å². The highest BCUT2D eigenvalue weighted by atomic mass is 35.5. The lowest BCUT2D eigenvalue weighted by Gasteiger charge is -2.26. The topological polar surface area (TPSA) is 95.2 Å². The number of fused-ring (bicyclic) bond motifs is 1. The molecule has 0 aliphatic rings. The largest absolute Gasteiger partial charge is 0.393 e. The van der Waals surface area contributed by atoms with Crippen molar-refractivity contribution < 1.29 is 14.2 Å². The lowest BCUT2D eigenvalue weighted by molar-refractivity contribution is -0.0187. The van der Waals surface area contributed by atoms with Crippen molar-refractivity contribution in [3.05, 3.63) is 62.0 Å². The van der Waals surface area contributed by atoms with Gasteiger partial charge in [0.1, 0.15) is 5.82 Å². The van der Waals surface area contributed by atoms with Crippen LogP contribution in [0.5, 0.6) is 0 Å². The second-order valence-electron chi connectivity index (χ2n) is 6.50. The van der Waals surface area contributed by atoms with Crippen LogP contribution in [0.1, 0.15) is 6.92 Å². The molecule has 1 unspecified atom stereocenters. The predicted octanol–water partition coefficient (Wildman–Crippen LogP) is 3.17. The Hall–Kier alpha value is -2.13. The molecule has 3 rings (SSSR count). The minimum absolute atomic E-state index is 0.223. The molecule has 2 aromatic carbocycles.